The molecule has 1 amide bonds. The predicted octanol–water partition coefficient (Wildman–Crippen LogP) is 3.40. The maximum absolute atomic E-state index is 12.1. The molecule has 2 atom stereocenters. The fourth-order valence-corrected chi connectivity index (χ4v) is 2.64. The van der Waals surface area contributed by atoms with Gasteiger partial charge < -0.3 is 10.1 Å². The van der Waals surface area contributed by atoms with Gasteiger partial charge in [-0.25, -0.2) is 0 Å². The van der Waals surface area contributed by atoms with Crippen LogP contribution in [0.3, 0.4) is 0 Å². The van der Waals surface area contributed by atoms with Gasteiger partial charge in [0.25, 0.3) is 5.91 Å². The van der Waals surface area contributed by atoms with Crippen LogP contribution in [0.15, 0.2) is 22.7 Å². The van der Waals surface area contributed by atoms with Crippen LogP contribution in [0.1, 0.15) is 30.1 Å². The van der Waals surface area contributed by atoms with Crippen molar-refractivity contribution in [3.05, 3.63) is 33.3 Å². The van der Waals surface area contributed by atoms with Gasteiger partial charge in [-0.15, -0.1) is 0 Å². The molecule has 18 heavy (non-hydrogen) atoms. The van der Waals surface area contributed by atoms with Gasteiger partial charge in [0.15, 0.2) is 0 Å². The molecule has 1 aromatic carbocycles. The molecule has 0 spiro atoms. The largest absolute Gasteiger partial charge is 0.376 e. The number of carbonyl (C=O) groups excluding carboxylic acids is 1. The number of hydrogen-bond acceptors (Lipinski definition) is 2. The SMILES string of the molecule is C[C@H](NC(=O)c1cc(Cl)ccc1Br)[C@H]1CCCO1. The Hall–Kier alpha value is -0.580. The maximum atomic E-state index is 12.1. The first-order chi connectivity index (χ1) is 8.58. The lowest BCUT2D eigenvalue weighted by Gasteiger charge is -2.20. The molecular weight excluding hydrogens is 318 g/mol. The minimum Gasteiger partial charge on any atom is -0.376 e. The van der Waals surface area contributed by atoms with Gasteiger partial charge in [-0.05, 0) is 53.9 Å². The molecule has 0 aliphatic carbocycles. The smallest absolute Gasteiger partial charge is 0.252 e. The summed E-state index contributed by atoms with van der Waals surface area (Å²) in [7, 11) is 0. The normalized spacial score (nSPS) is 20.7. The molecule has 1 fully saturated rings. The third-order valence-corrected chi connectivity index (χ3v) is 3.98. The van der Waals surface area contributed by atoms with E-state index in [2.05, 4.69) is 21.2 Å². The summed E-state index contributed by atoms with van der Waals surface area (Å²) in [5.41, 5.74) is 0.548. The number of ether oxygens (including phenoxy) is 1. The van der Waals surface area contributed by atoms with Crippen LogP contribution < -0.4 is 5.32 Å². The van der Waals surface area contributed by atoms with Crippen LogP contribution in [0.4, 0.5) is 0 Å². The van der Waals surface area contributed by atoms with Gasteiger partial charge in [0.05, 0.1) is 17.7 Å². The Morgan fingerprint density at radius 1 is 1.61 bits per heavy atom. The van der Waals surface area contributed by atoms with Crippen LogP contribution in [0, 0.1) is 0 Å². The topological polar surface area (TPSA) is 38.3 Å². The zero-order valence-corrected chi connectivity index (χ0v) is 12.4. The van der Waals surface area contributed by atoms with Crippen LogP contribution in [-0.2, 0) is 4.74 Å². The quantitative estimate of drug-likeness (QED) is 0.921. The van der Waals surface area contributed by atoms with Gasteiger partial charge in [-0.1, -0.05) is 11.6 Å². The highest BCUT2D eigenvalue weighted by Gasteiger charge is 2.24. The van der Waals surface area contributed by atoms with Gasteiger partial charge in [-0.2, -0.15) is 0 Å². The molecule has 1 heterocycles. The summed E-state index contributed by atoms with van der Waals surface area (Å²) in [5.74, 6) is -0.132. The highest BCUT2D eigenvalue weighted by atomic mass is 79.9. The van der Waals surface area contributed by atoms with Gasteiger partial charge in [0.1, 0.15) is 0 Å². The van der Waals surface area contributed by atoms with Crippen LogP contribution in [0.5, 0.6) is 0 Å². The Kier molecular flexibility index (Phi) is 4.65. The first kappa shape index (κ1) is 13.8. The van der Waals surface area contributed by atoms with E-state index in [1.54, 1.807) is 18.2 Å². The minimum atomic E-state index is -0.132. The van der Waals surface area contributed by atoms with E-state index < -0.39 is 0 Å². The average molecular weight is 333 g/mol. The third kappa shape index (κ3) is 3.25. The monoisotopic (exact) mass is 331 g/mol. The van der Waals surface area contributed by atoms with Crippen molar-refractivity contribution in [2.45, 2.75) is 31.9 Å². The summed E-state index contributed by atoms with van der Waals surface area (Å²) in [6.07, 6.45) is 2.18. The first-order valence-corrected chi connectivity index (χ1v) is 7.12. The molecule has 5 heteroatoms. The molecule has 1 aliphatic rings. The number of nitrogens with one attached hydrogen (secondary N) is 1. The van der Waals surface area contributed by atoms with Crippen molar-refractivity contribution >= 4 is 33.4 Å². The van der Waals surface area contributed by atoms with E-state index in [0.717, 1.165) is 23.9 Å². The van der Waals surface area contributed by atoms with Crippen molar-refractivity contribution < 1.29 is 9.53 Å². The molecule has 1 aromatic rings. The van der Waals surface area contributed by atoms with Gasteiger partial charge >= 0.3 is 0 Å². The molecule has 1 aliphatic heterocycles. The van der Waals surface area contributed by atoms with Crippen LogP contribution in [0.25, 0.3) is 0 Å². The molecule has 98 valence electrons. The lowest BCUT2D eigenvalue weighted by atomic mass is 10.1. The number of amides is 1. The predicted molar refractivity (Wildman–Crippen MR) is 75.1 cm³/mol. The number of halogens is 2. The Bertz CT molecular complexity index is 447. The van der Waals surface area contributed by atoms with E-state index in [4.69, 9.17) is 16.3 Å². The molecule has 0 aromatic heterocycles. The molecule has 1 saturated heterocycles. The molecule has 2 rings (SSSR count). The fourth-order valence-electron chi connectivity index (χ4n) is 2.05. The molecular formula is C13H15BrClNO2. The van der Waals surface area contributed by atoms with Crippen molar-refractivity contribution in [2.75, 3.05) is 6.61 Å². The number of benzene rings is 1. The van der Waals surface area contributed by atoms with E-state index in [1.165, 1.54) is 0 Å². The molecule has 0 unspecified atom stereocenters. The van der Waals surface area contributed by atoms with Crippen molar-refractivity contribution in [1.82, 2.24) is 5.32 Å². The summed E-state index contributed by atoms with van der Waals surface area (Å²) < 4.78 is 6.29. The lowest BCUT2D eigenvalue weighted by Crippen LogP contribution is -2.40. The zero-order valence-electron chi connectivity index (χ0n) is 10.1. The Labute approximate surface area is 120 Å². The third-order valence-electron chi connectivity index (χ3n) is 3.05. The average Bonchev–Trinajstić information content (AvgIpc) is 2.85. The fraction of sp³-hybridized carbons (Fsp3) is 0.462. The van der Waals surface area contributed by atoms with E-state index in [9.17, 15) is 4.79 Å². The minimum absolute atomic E-state index is 0.00545. The molecule has 0 radical (unpaired) electrons. The van der Waals surface area contributed by atoms with E-state index in [1.807, 2.05) is 6.92 Å². The Morgan fingerprint density at radius 2 is 2.39 bits per heavy atom. The summed E-state index contributed by atoms with van der Waals surface area (Å²) >= 11 is 9.25. The maximum Gasteiger partial charge on any atom is 0.252 e. The van der Waals surface area contributed by atoms with E-state index in [0.29, 0.717) is 10.6 Å². The van der Waals surface area contributed by atoms with Gasteiger partial charge in [-0.3, -0.25) is 4.79 Å². The molecule has 0 saturated carbocycles. The van der Waals surface area contributed by atoms with E-state index >= 15 is 0 Å². The van der Waals surface area contributed by atoms with E-state index in [-0.39, 0.29) is 18.1 Å². The van der Waals surface area contributed by atoms with Crippen molar-refractivity contribution in [3.63, 3.8) is 0 Å². The second-order valence-corrected chi connectivity index (χ2v) is 5.73. The summed E-state index contributed by atoms with van der Waals surface area (Å²) in [5, 5.41) is 3.50. The zero-order chi connectivity index (χ0) is 13.1. The standard InChI is InChI=1S/C13H15BrClNO2/c1-8(12-3-2-6-18-12)16-13(17)10-7-9(15)4-5-11(10)14/h4-5,7-8,12H,2-3,6H2,1H3,(H,16,17)/t8-,12+/m0/s1. The van der Waals surface area contributed by atoms with Gasteiger partial charge in [0, 0.05) is 16.1 Å². The lowest BCUT2D eigenvalue weighted by molar-refractivity contribution is 0.0712. The number of carbonyl (C=O) groups is 1. The van der Waals surface area contributed by atoms with Crippen molar-refractivity contribution in [2.24, 2.45) is 0 Å². The Morgan fingerprint density at radius 3 is 3.06 bits per heavy atom. The highest BCUT2D eigenvalue weighted by Crippen LogP contribution is 2.22. The Balaban J connectivity index is 2.04. The van der Waals surface area contributed by atoms with Crippen molar-refractivity contribution in [3.8, 4) is 0 Å². The highest BCUT2D eigenvalue weighted by molar-refractivity contribution is 9.10. The van der Waals surface area contributed by atoms with Crippen molar-refractivity contribution in [1.29, 1.82) is 0 Å². The second kappa shape index (κ2) is 6.04. The van der Waals surface area contributed by atoms with Crippen LogP contribution >= 0.6 is 27.5 Å². The number of hydrogen-bond donors (Lipinski definition) is 1. The first-order valence-electron chi connectivity index (χ1n) is 5.95. The summed E-state index contributed by atoms with van der Waals surface area (Å²) in [6.45, 7) is 2.75. The second-order valence-electron chi connectivity index (χ2n) is 4.44. The van der Waals surface area contributed by atoms with Crippen LogP contribution in [-0.4, -0.2) is 24.7 Å². The summed E-state index contributed by atoms with van der Waals surface area (Å²) in [6, 6.07) is 5.18. The number of rotatable bonds is 3. The van der Waals surface area contributed by atoms with Gasteiger partial charge in [0.2, 0.25) is 0 Å². The molecule has 1 N–H and O–H groups in total. The van der Waals surface area contributed by atoms with Crippen LogP contribution in [0.2, 0.25) is 5.02 Å². The molecule has 3 nitrogen and oxygen atoms in total. The molecule has 0 bridgehead atoms. The summed E-state index contributed by atoms with van der Waals surface area (Å²) in [4.78, 5) is 12.1.